The molecule has 4 heteroatoms. The number of amidine groups is 1. The van der Waals surface area contributed by atoms with Crippen LogP contribution in [-0.2, 0) is 4.79 Å². The summed E-state index contributed by atoms with van der Waals surface area (Å²) in [6, 6.07) is -0.174. The topological polar surface area (TPSA) is 53.5 Å². The van der Waals surface area contributed by atoms with Gasteiger partial charge in [0, 0.05) is 20.0 Å². The summed E-state index contributed by atoms with van der Waals surface area (Å²) in [5, 5.41) is 5.65. The van der Waals surface area contributed by atoms with Crippen LogP contribution in [0.15, 0.2) is 4.99 Å². The van der Waals surface area contributed by atoms with Gasteiger partial charge in [-0.3, -0.25) is 9.79 Å². The maximum Gasteiger partial charge on any atom is 0.241 e. The molecule has 2 N–H and O–H groups in total. The molecule has 12 heavy (non-hydrogen) atoms. The summed E-state index contributed by atoms with van der Waals surface area (Å²) in [5.74, 6) is 0.968. The van der Waals surface area contributed by atoms with Crippen LogP contribution in [0.1, 0.15) is 19.8 Å². The van der Waals surface area contributed by atoms with E-state index in [2.05, 4.69) is 15.6 Å². The van der Waals surface area contributed by atoms with E-state index in [4.69, 9.17) is 0 Å². The Kier molecular flexibility index (Phi) is 3.08. The molecule has 0 saturated heterocycles. The molecule has 1 aliphatic rings. The van der Waals surface area contributed by atoms with Gasteiger partial charge in [-0.1, -0.05) is 0 Å². The lowest BCUT2D eigenvalue weighted by Crippen LogP contribution is -2.43. The summed E-state index contributed by atoms with van der Waals surface area (Å²) >= 11 is 0. The minimum Gasteiger partial charge on any atom is -0.362 e. The third-order valence-electron chi connectivity index (χ3n) is 1.90. The van der Waals surface area contributed by atoms with Crippen LogP contribution in [0, 0.1) is 0 Å². The Morgan fingerprint density at radius 1 is 1.67 bits per heavy atom. The number of likely N-dealkylation sites (N-methyl/N-ethyl adjacent to an activating group) is 1. The molecule has 0 spiro atoms. The monoisotopic (exact) mass is 169 g/mol. The van der Waals surface area contributed by atoms with Gasteiger partial charge < -0.3 is 10.6 Å². The highest BCUT2D eigenvalue weighted by Gasteiger charge is 2.14. The average molecular weight is 169 g/mol. The van der Waals surface area contributed by atoms with Crippen molar-refractivity contribution in [2.45, 2.75) is 25.8 Å². The zero-order chi connectivity index (χ0) is 8.97. The highest BCUT2D eigenvalue weighted by molar-refractivity contribution is 5.90. The van der Waals surface area contributed by atoms with Crippen molar-refractivity contribution in [1.82, 2.24) is 10.6 Å². The summed E-state index contributed by atoms with van der Waals surface area (Å²) in [6.45, 7) is 2.72. The number of hydrogen-bond acceptors (Lipinski definition) is 3. The second-order valence-corrected chi connectivity index (χ2v) is 2.91. The van der Waals surface area contributed by atoms with Crippen LogP contribution in [0.4, 0.5) is 0 Å². The molecule has 1 atom stereocenters. The van der Waals surface area contributed by atoms with Gasteiger partial charge in [0.2, 0.25) is 5.91 Å². The van der Waals surface area contributed by atoms with Crippen LogP contribution in [0.5, 0.6) is 0 Å². The first-order valence-corrected chi connectivity index (χ1v) is 4.25. The lowest BCUT2D eigenvalue weighted by molar-refractivity contribution is -0.121. The normalized spacial score (nSPS) is 18.3. The van der Waals surface area contributed by atoms with E-state index in [1.54, 1.807) is 7.05 Å². The van der Waals surface area contributed by atoms with Gasteiger partial charge >= 0.3 is 0 Å². The van der Waals surface area contributed by atoms with E-state index in [-0.39, 0.29) is 11.9 Å². The van der Waals surface area contributed by atoms with Gasteiger partial charge in [-0.25, -0.2) is 0 Å². The minimum absolute atomic E-state index is 0.00426. The number of carbonyl (C=O) groups is 1. The van der Waals surface area contributed by atoms with Gasteiger partial charge in [0.15, 0.2) is 0 Å². The first-order valence-electron chi connectivity index (χ1n) is 4.25. The number of rotatable bonds is 2. The van der Waals surface area contributed by atoms with Crippen LogP contribution in [-0.4, -0.2) is 31.4 Å². The quantitative estimate of drug-likeness (QED) is 0.606. The molecule has 0 radical (unpaired) electrons. The van der Waals surface area contributed by atoms with Crippen molar-refractivity contribution in [2.75, 3.05) is 13.6 Å². The number of hydrogen-bond donors (Lipinski definition) is 2. The van der Waals surface area contributed by atoms with Crippen molar-refractivity contribution in [3.8, 4) is 0 Å². The Morgan fingerprint density at radius 3 is 2.92 bits per heavy atom. The molecular weight excluding hydrogens is 154 g/mol. The summed E-state index contributed by atoms with van der Waals surface area (Å²) < 4.78 is 0. The van der Waals surface area contributed by atoms with Gasteiger partial charge in [-0.05, 0) is 13.3 Å². The molecule has 0 aromatic heterocycles. The smallest absolute Gasteiger partial charge is 0.241 e. The fourth-order valence-corrected chi connectivity index (χ4v) is 1.19. The van der Waals surface area contributed by atoms with Crippen molar-refractivity contribution in [3.63, 3.8) is 0 Å². The number of amides is 1. The van der Waals surface area contributed by atoms with E-state index in [0.29, 0.717) is 0 Å². The van der Waals surface area contributed by atoms with Gasteiger partial charge in [-0.15, -0.1) is 0 Å². The first kappa shape index (κ1) is 9.03. The van der Waals surface area contributed by atoms with E-state index >= 15 is 0 Å². The van der Waals surface area contributed by atoms with Crippen LogP contribution in [0.3, 0.4) is 0 Å². The molecule has 1 rings (SSSR count). The van der Waals surface area contributed by atoms with Gasteiger partial charge in [-0.2, -0.15) is 0 Å². The number of aliphatic imine (C=N–C) groups is 1. The Bertz CT molecular complexity index is 200. The molecule has 1 heterocycles. The molecule has 68 valence electrons. The van der Waals surface area contributed by atoms with Crippen molar-refractivity contribution < 1.29 is 4.79 Å². The summed E-state index contributed by atoms with van der Waals surface area (Å²) in [7, 11) is 1.64. The number of nitrogens with one attached hydrogen (secondary N) is 2. The standard InChI is InChI=1S/C8H15N3O/c1-6(8(12)9-2)11-7-4-3-5-10-7/h6H,3-5H2,1-2H3,(H,9,12)(H,10,11)/t6-/m1/s1. The minimum atomic E-state index is -0.174. The van der Waals surface area contributed by atoms with E-state index in [1.807, 2.05) is 6.92 Å². The largest absolute Gasteiger partial charge is 0.362 e. The van der Waals surface area contributed by atoms with E-state index in [9.17, 15) is 4.79 Å². The Labute approximate surface area is 72.4 Å². The Hall–Kier alpha value is -1.06. The average Bonchev–Trinajstić information content (AvgIpc) is 2.55. The summed E-state index contributed by atoms with van der Waals surface area (Å²) in [4.78, 5) is 15.3. The number of carbonyl (C=O) groups excluding carboxylic acids is 1. The third kappa shape index (κ3) is 2.22. The van der Waals surface area contributed by atoms with Gasteiger partial charge in [0.05, 0.1) is 5.84 Å². The highest BCUT2D eigenvalue weighted by atomic mass is 16.2. The molecule has 0 unspecified atom stereocenters. The molecule has 0 saturated carbocycles. The highest BCUT2D eigenvalue weighted by Crippen LogP contribution is 2.01. The second-order valence-electron chi connectivity index (χ2n) is 2.91. The van der Waals surface area contributed by atoms with Crippen molar-refractivity contribution in [1.29, 1.82) is 0 Å². The van der Waals surface area contributed by atoms with Crippen LogP contribution in [0.25, 0.3) is 0 Å². The third-order valence-corrected chi connectivity index (χ3v) is 1.90. The lowest BCUT2D eigenvalue weighted by Gasteiger charge is -2.12. The molecule has 0 aliphatic carbocycles. The van der Waals surface area contributed by atoms with Crippen molar-refractivity contribution >= 4 is 11.7 Å². The summed E-state index contributed by atoms with van der Waals surface area (Å²) in [6.07, 6.45) is 2.07. The van der Waals surface area contributed by atoms with Gasteiger partial charge in [0.25, 0.3) is 0 Å². The van der Waals surface area contributed by atoms with Gasteiger partial charge in [0.1, 0.15) is 6.04 Å². The van der Waals surface area contributed by atoms with Crippen molar-refractivity contribution in [3.05, 3.63) is 0 Å². The molecule has 1 aliphatic heterocycles. The van der Waals surface area contributed by atoms with E-state index < -0.39 is 0 Å². The summed E-state index contributed by atoms with van der Waals surface area (Å²) in [5.41, 5.74) is 0. The zero-order valence-corrected chi connectivity index (χ0v) is 7.55. The molecule has 0 aromatic rings. The maximum atomic E-state index is 11.1. The maximum absolute atomic E-state index is 11.1. The fourth-order valence-electron chi connectivity index (χ4n) is 1.19. The van der Waals surface area contributed by atoms with Crippen molar-refractivity contribution in [2.24, 2.45) is 4.99 Å². The second kappa shape index (κ2) is 4.09. The predicted molar refractivity (Wildman–Crippen MR) is 48.2 cm³/mol. The molecule has 0 fully saturated rings. The lowest BCUT2D eigenvalue weighted by atomic mass is 10.3. The SMILES string of the molecule is CNC(=O)[C@@H](C)NC1=NCCC1. The zero-order valence-electron chi connectivity index (χ0n) is 7.55. The van der Waals surface area contributed by atoms with Crippen LogP contribution in [0.2, 0.25) is 0 Å². The molecule has 4 nitrogen and oxygen atoms in total. The van der Waals surface area contributed by atoms with Crippen LogP contribution < -0.4 is 10.6 Å². The fraction of sp³-hybridized carbons (Fsp3) is 0.750. The molecule has 0 aromatic carbocycles. The molecule has 1 amide bonds. The number of nitrogens with zero attached hydrogens (tertiary/aromatic N) is 1. The Balaban J connectivity index is 2.34. The van der Waals surface area contributed by atoms with E-state index in [1.165, 1.54) is 0 Å². The Morgan fingerprint density at radius 2 is 2.42 bits per heavy atom. The van der Waals surface area contributed by atoms with Crippen LogP contribution >= 0.6 is 0 Å². The van der Waals surface area contributed by atoms with E-state index in [0.717, 1.165) is 25.2 Å². The molecular formula is C8H15N3O. The molecule has 0 bridgehead atoms. The predicted octanol–water partition coefficient (Wildman–Crippen LogP) is -0.0972. The first-order chi connectivity index (χ1) is 5.74.